The molecule has 0 radical (unpaired) electrons. The Hall–Kier alpha value is -0.0300. The number of likely N-dealkylation sites (tertiary alicyclic amines) is 1. The number of hydrogen-bond acceptors (Lipinski definition) is 3. The second-order valence-electron chi connectivity index (χ2n) is 4.20. The molecule has 1 atom stereocenters. The van der Waals surface area contributed by atoms with E-state index < -0.39 is 0 Å². The van der Waals surface area contributed by atoms with E-state index in [0.29, 0.717) is 6.54 Å². The van der Waals surface area contributed by atoms with Crippen molar-refractivity contribution in [2.24, 2.45) is 5.73 Å². The number of piperidine rings is 1. The van der Waals surface area contributed by atoms with Gasteiger partial charge in [-0.15, -0.1) is 24.8 Å². The summed E-state index contributed by atoms with van der Waals surface area (Å²) in [7, 11) is 0. The van der Waals surface area contributed by atoms with Crippen molar-refractivity contribution in [2.45, 2.75) is 32.7 Å². The van der Waals surface area contributed by atoms with Gasteiger partial charge in [0, 0.05) is 19.1 Å². The smallest absolute Gasteiger partial charge is 0.236 e. The maximum Gasteiger partial charge on any atom is 0.236 e. The lowest BCUT2D eigenvalue weighted by molar-refractivity contribution is -0.133. The van der Waals surface area contributed by atoms with E-state index in [1.165, 1.54) is 0 Å². The molecule has 0 aromatic rings. The molecule has 2 N–H and O–H groups in total. The Morgan fingerprint density at radius 1 is 1.35 bits per heavy atom. The molecule has 6 heteroatoms. The van der Waals surface area contributed by atoms with Crippen molar-refractivity contribution in [2.75, 3.05) is 32.7 Å². The summed E-state index contributed by atoms with van der Waals surface area (Å²) >= 11 is 0. The third-order valence-electron chi connectivity index (χ3n) is 3.06. The van der Waals surface area contributed by atoms with Gasteiger partial charge in [-0.1, -0.05) is 13.8 Å². The van der Waals surface area contributed by atoms with Crippen molar-refractivity contribution < 1.29 is 4.79 Å². The number of hydrogen-bond donors (Lipinski definition) is 1. The standard InChI is InChI=1S/C11H23N3O.2ClH/c1-3-13(4-2)9-11(15)14-7-5-6-10(12)8-14;;/h10H,3-9,12H2,1-2H3;2*1H. The molecule has 17 heavy (non-hydrogen) atoms. The molecular formula is C11H25Cl2N3O. The van der Waals surface area contributed by atoms with E-state index in [9.17, 15) is 4.79 Å². The second kappa shape index (κ2) is 9.95. The Kier molecular flexibility index (Phi) is 11.3. The van der Waals surface area contributed by atoms with Crippen molar-refractivity contribution in [1.82, 2.24) is 9.80 Å². The van der Waals surface area contributed by atoms with Crippen LogP contribution < -0.4 is 5.73 Å². The first-order valence-corrected chi connectivity index (χ1v) is 5.93. The molecule has 104 valence electrons. The fraction of sp³-hybridized carbons (Fsp3) is 0.909. The maximum absolute atomic E-state index is 11.9. The number of halogens is 2. The largest absolute Gasteiger partial charge is 0.340 e. The number of rotatable bonds is 4. The van der Waals surface area contributed by atoms with Crippen LogP contribution in [-0.2, 0) is 4.79 Å². The zero-order chi connectivity index (χ0) is 11.3. The SMILES string of the molecule is CCN(CC)CC(=O)N1CCCC(N)C1.Cl.Cl. The first-order chi connectivity index (χ1) is 7.17. The Morgan fingerprint density at radius 3 is 2.41 bits per heavy atom. The Labute approximate surface area is 117 Å². The minimum atomic E-state index is 0. The van der Waals surface area contributed by atoms with Gasteiger partial charge in [0.1, 0.15) is 0 Å². The lowest BCUT2D eigenvalue weighted by Gasteiger charge is -2.32. The van der Waals surface area contributed by atoms with Crippen LogP contribution in [0, 0.1) is 0 Å². The van der Waals surface area contributed by atoms with Gasteiger partial charge in [-0.3, -0.25) is 9.69 Å². The van der Waals surface area contributed by atoms with Crippen molar-refractivity contribution in [3.63, 3.8) is 0 Å². The molecule has 1 rings (SSSR count). The Bertz CT molecular complexity index is 213. The van der Waals surface area contributed by atoms with E-state index in [2.05, 4.69) is 18.7 Å². The lowest BCUT2D eigenvalue weighted by atomic mass is 10.1. The van der Waals surface area contributed by atoms with Crippen LogP contribution in [0.3, 0.4) is 0 Å². The minimum absolute atomic E-state index is 0. The highest BCUT2D eigenvalue weighted by atomic mass is 35.5. The molecule has 0 saturated carbocycles. The number of amides is 1. The first-order valence-electron chi connectivity index (χ1n) is 5.93. The topological polar surface area (TPSA) is 49.6 Å². The molecule has 1 saturated heterocycles. The zero-order valence-corrected chi connectivity index (χ0v) is 12.4. The van der Waals surface area contributed by atoms with Crippen LogP contribution >= 0.6 is 24.8 Å². The molecule has 0 spiro atoms. The van der Waals surface area contributed by atoms with Gasteiger partial charge in [0.15, 0.2) is 0 Å². The number of nitrogens with zero attached hydrogens (tertiary/aromatic N) is 2. The van der Waals surface area contributed by atoms with Crippen LogP contribution in [0.5, 0.6) is 0 Å². The summed E-state index contributed by atoms with van der Waals surface area (Å²) in [5.41, 5.74) is 5.85. The summed E-state index contributed by atoms with van der Waals surface area (Å²) in [5.74, 6) is 0.230. The van der Waals surface area contributed by atoms with Crippen LogP contribution in [0.15, 0.2) is 0 Å². The monoisotopic (exact) mass is 285 g/mol. The predicted octanol–water partition coefficient (Wildman–Crippen LogP) is 1.12. The Morgan fingerprint density at radius 2 is 1.94 bits per heavy atom. The summed E-state index contributed by atoms with van der Waals surface area (Å²) < 4.78 is 0. The molecule has 1 fully saturated rings. The van der Waals surface area contributed by atoms with Crippen LogP contribution in [0.1, 0.15) is 26.7 Å². The quantitative estimate of drug-likeness (QED) is 0.842. The van der Waals surface area contributed by atoms with E-state index in [1.54, 1.807) is 0 Å². The van der Waals surface area contributed by atoms with E-state index in [0.717, 1.165) is 39.0 Å². The highest BCUT2D eigenvalue weighted by molar-refractivity contribution is 5.85. The van der Waals surface area contributed by atoms with Gasteiger partial charge in [0.05, 0.1) is 6.54 Å². The maximum atomic E-state index is 11.9. The van der Waals surface area contributed by atoms with Crippen molar-refractivity contribution in [3.05, 3.63) is 0 Å². The molecule has 0 bridgehead atoms. The van der Waals surface area contributed by atoms with Gasteiger partial charge in [-0.05, 0) is 25.9 Å². The van der Waals surface area contributed by atoms with Crippen molar-refractivity contribution >= 4 is 30.7 Å². The number of carbonyl (C=O) groups excluding carboxylic acids is 1. The third kappa shape index (κ3) is 6.46. The average Bonchev–Trinajstić information content (AvgIpc) is 2.25. The van der Waals surface area contributed by atoms with E-state index in [1.807, 2.05) is 4.90 Å². The van der Waals surface area contributed by atoms with Crippen LogP contribution in [0.2, 0.25) is 0 Å². The zero-order valence-electron chi connectivity index (χ0n) is 10.7. The second-order valence-corrected chi connectivity index (χ2v) is 4.20. The van der Waals surface area contributed by atoms with Gasteiger partial charge in [0.2, 0.25) is 5.91 Å². The molecule has 0 aliphatic carbocycles. The predicted molar refractivity (Wildman–Crippen MR) is 76.1 cm³/mol. The molecule has 0 aromatic heterocycles. The Balaban J connectivity index is 0. The average molecular weight is 286 g/mol. The number of likely N-dealkylation sites (N-methyl/N-ethyl adjacent to an activating group) is 1. The van der Waals surface area contributed by atoms with Crippen molar-refractivity contribution in [3.8, 4) is 0 Å². The molecule has 1 aliphatic rings. The first kappa shape index (κ1) is 19.3. The minimum Gasteiger partial charge on any atom is -0.340 e. The highest BCUT2D eigenvalue weighted by Crippen LogP contribution is 2.08. The number of carbonyl (C=O) groups is 1. The highest BCUT2D eigenvalue weighted by Gasteiger charge is 2.21. The van der Waals surface area contributed by atoms with E-state index in [4.69, 9.17) is 5.73 Å². The summed E-state index contributed by atoms with van der Waals surface area (Å²) in [6.07, 6.45) is 2.10. The van der Waals surface area contributed by atoms with Gasteiger partial charge in [-0.2, -0.15) is 0 Å². The molecule has 1 unspecified atom stereocenters. The van der Waals surface area contributed by atoms with Crippen LogP contribution in [-0.4, -0.2) is 54.5 Å². The molecule has 4 nitrogen and oxygen atoms in total. The van der Waals surface area contributed by atoms with Gasteiger partial charge < -0.3 is 10.6 Å². The molecule has 1 heterocycles. The fourth-order valence-corrected chi connectivity index (χ4v) is 1.98. The van der Waals surface area contributed by atoms with Crippen LogP contribution in [0.4, 0.5) is 0 Å². The molecule has 0 aromatic carbocycles. The molecular weight excluding hydrogens is 261 g/mol. The molecule has 1 amide bonds. The van der Waals surface area contributed by atoms with E-state index >= 15 is 0 Å². The van der Waals surface area contributed by atoms with Crippen LogP contribution in [0.25, 0.3) is 0 Å². The molecule has 1 aliphatic heterocycles. The fourth-order valence-electron chi connectivity index (χ4n) is 1.98. The summed E-state index contributed by atoms with van der Waals surface area (Å²) in [4.78, 5) is 16.0. The third-order valence-corrected chi connectivity index (χ3v) is 3.06. The number of nitrogens with two attached hydrogens (primary N) is 1. The lowest BCUT2D eigenvalue weighted by Crippen LogP contribution is -2.49. The summed E-state index contributed by atoms with van der Waals surface area (Å²) in [6, 6.07) is 0.180. The van der Waals surface area contributed by atoms with Gasteiger partial charge in [0.25, 0.3) is 0 Å². The van der Waals surface area contributed by atoms with E-state index in [-0.39, 0.29) is 36.8 Å². The summed E-state index contributed by atoms with van der Waals surface area (Å²) in [6.45, 7) is 8.19. The summed E-state index contributed by atoms with van der Waals surface area (Å²) in [5, 5.41) is 0. The van der Waals surface area contributed by atoms with Gasteiger partial charge >= 0.3 is 0 Å². The normalized spacial score (nSPS) is 19.5. The van der Waals surface area contributed by atoms with Gasteiger partial charge in [-0.25, -0.2) is 0 Å². The van der Waals surface area contributed by atoms with Crippen molar-refractivity contribution in [1.29, 1.82) is 0 Å².